The summed E-state index contributed by atoms with van der Waals surface area (Å²) in [5.41, 5.74) is 0. The van der Waals surface area contributed by atoms with Crippen LogP contribution in [-0.2, 0) is 14.9 Å². The molecule has 0 amide bonds. The standard InChI is InChI=1S/C13H13NO5S2/c15-13(16)11-12(9-5-1-2-6-10(9)20-11)21(17,18)14-7-3-4-8-19-14/h1-2,5-6H,3-4,7-8H2,(H,15,16). The Morgan fingerprint density at radius 3 is 2.71 bits per heavy atom. The molecule has 0 radical (unpaired) electrons. The van der Waals surface area contributed by atoms with Gasteiger partial charge in [0.15, 0.2) is 0 Å². The van der Waals surface area contributed by atoms with E-state index in [4.69, 9.17) is 4.84 Å². The molecule has 0 bridgehead atoms. The highest BCUT2D eigenvalue weighted by molar-refractivity contribution is 7.89. The number of carboxylic acids is 1. The fourth-order valence-corrected chi connectivity index (χ4v) is 5.29. The number of hydrogen-bond donors (Lipinski definition) is 1. The maximum absolute atomic E-state index is 12.7. The Morgan fingerprint density at radius 2 is 2.05 bits per heavy atom. The van der Waals surface area contributed by atoms with E-state index in [0.717, 1.165) is 22.2 Å². The largest absolute Gasteiger partial charge is 0.477 e. The van der Waals surface area contributed by atoms with Gasteiger partial charge >= 0.3 is 5.97 Å². The number of carbonyl (C=O) groups is 1. The third-order valence-electron chi connectivity index (χ3n) is 3.24. The fourth-order valence-electron chi connectivity index (χ4n) is 2.28. The molecule has 3 rings (SSSR count). The van der Waals surface area contributed by atoms with Crippen molar-refractivity contribution in [2.75, 3.05) is 13.2 Å². The molecule has 0 spiro atoms. The Hall–Kier alpha value is -1.48. The first kappa shape index (κ1) is 14.5. The summed E-state index contributed by atoms with van der Waals surface area (Å²) in [6, 6.07) is 6.77. The van der Waals surface area contributed by atoms with E-state index < -0.39 is 16.0 Å². The number of aromatic carboxylic acids is 1. The predicted octanol–water partition coefficient (Wildman–Crippen LogP) is 2.32. The lowest BCUT2D eigenvalue weighted by atomic mass is 10.2. The molecule has 2 heterocycles. The number of benzene rings is 1. The first-order valence-corrected chi connectivity index (χ1v) is 8.68. The first-order chi connectivity index (χ1) is 10.0. The highest BCUT2D eigenvalue weighted by Gasteiger charge is 2.34. The topological polar surface area (TPSA) is 83.9 Å². The van der Waals surface area contributed by atoms with Crippen LogP contribution in [0.25, 0.3) is 10.1 Å². The van der Waals surface area contributed by atoms with Gasteiger partial charge in [0.2, 0.25) is 0 Å². The van der Waals surface area contributed by atoms with Gasteiger partial charge in [-0.3, -0.25) is 4.84 Å². The van der Waals surface area contributed by atoms with Crippen molar-refractivity contribution in [2.45, 2.75) is 17.7 Å². The van der Waals surface area contributed by atoms with Gasteiger partial charge in [0, 0.05) is 16.6 Å². The molecular formula is C13H13NO5S2. The van der Waals surface area contributed by atoms with Crippen molar-refractivity contribution >= 4 is 37.4 Å². The maximum atomic E-state index is 12.7. The summed E-state index contributed by atoms with van der Waals surface area (Å²) in [5, 5.41) is 9.74. The molecule has 0 aliphatic carbocycles. The zero-order chi connectivity index (χ0) is 15.0. The number of sulfonamides is 1. The Kier molecular flexibility index (Phi) is 3.70. The van der Waals surface area contributed by atoms with E-state index in [1.54, 1.807) is 24.3 Å². The molecule has 0 saturated carbocycles. The highest BCUT2D eigenvalue weighted by atomic mass is 32.2. The van der Waals surface area contributed by atoms with Crippen molar-refractivity contribution < 1.29 is 23.2 Å². The van der Waals surface area contributed by atoms with Gasteiger partial charge in [-0.15, -0.1) is 11.3 Å². The molecular weight excluding hydrogens is 314 g/mol. The average Bonchev–Trinajstić information content (AvgIpc) is 2.88. The van der Waals surface area contributed by atoms with Crippen LogP contribution in [0.4, 0.5) is 0 Å². The predicted molar refractivity (Wildman–Crippen MR) is 77.9 cm³/mol. The zero-order valence-electron chi connectivity index (χ0n) is 11.0. The van der Waals surface area contributed by atoms with Gasteiger partial charge in [0.05, 0.1) is 6.61 Å². The van der Waals surface area contributed by atoms with Gasteiger partial charge in [-0.05, 0) is 18.9 Å². The molecule has 6 nitrogen and oxygen atoms in total. The molecule has 0 atom stereocenters. The molecule has 1 aliphatic rings. The Balaban J connectivity index is 2.22. The summed E-state index contributed by atoms with van der Waals surface area (Å²) in [7, 11) is -3.98. The molecule has 1 aromatic carbocycles. The number of fused-ring (bicyclic) bond motifs is 1. The van der Waals surface area contributed by atoms with Crippen LogP contribution in [0, 0.1) is 0 Å². The number of thiophene rings is 1. The smallest absolute Gasteiger partial charge is 0.347 e. The highest BCUT2D eigenvalue weighted by Crippen LogP contribution is 2.36. The molecule has 112 valence electrons. The lowest BCUT2D eigenvalue weighted by Crippen LogP contribution is -2.36. The summed E-state index contributed by atoms with van der Waals surface area (Å²) in [6.07, 6.45) is 1.49. The van der Waals surface area contributed by atoms with Gasteiger partial charge in [0.25, 0.3) is 10.0 Å². The van der Waals surface area contributed by atoms with Crippen LogP contribution in [0.3, 0.4) is 0 Å². The van der Waals surface area contributed by atoms with Gasteiger partial charge in [-0.2, -0.15) is 0 Å². The van der Waals surface area contributed by atoms with Crippen molar-refractivity contribution in [3.63, 3.8) is 0 Å². The SMILES string of the molecule is O=C(O)c1sc2ccccc2c1S(=O)(=O)N1CCCCO1. The lowest BCUT2D eigenvalue weighted by molar-refractivity contribution is -0.108. The molecule has 21 heavy (non-hydrogen) atoms. The molecule has 8 heteroatoms. The maximum Gasteiger partial charge on any atom is 0.347 e. The number of nitrogens with zero attached hydrogens (tertiary/aromatic N) is 1. The summed E-state index contributed by atoms with van der Waals surface area (Å²) < 4.78 is 27.0. The van der Waals surface area contributed by atoms with Crippen LogP contribution in [-0.4, -0.2) is 37.1 Å². The molecule has 1 aliphatic heterocycles. The second-order valence-electron chi connectivity index (χ2n) is 4.63. The molecule has 1 aromatic heterocycles. The Labute approximate surface area is 125 Å². The minimum atomic E-state index is -3.98. The van der Waals surface area contributed by atoms with E-state index >= 15 is 0 Å². The van der Waals surface area contributed by atoms with Crippen molar-refractivity contribution in [3.05, 3.63) is 29.1 Å². The number of carboxylic acid groups (broad SMARTS) is 1. The van der Waals surface area contributed by atoms with Crippen molar-refractivity contribution in [2.24, 2.45) is 0 Å². The number of hydrogen-bond acceptors (Lipinski definition) is 5. The van der Waals surface area contributed by atoms with Crippen LogP contribution in [0.2, 0.25) is 0 Å². The number of hydroxylamine groups is 1. The van der Waals surface area contributed by atoms with Crippen LogP contribution >= 0.6 is 11.3 Å². The van der Waals surface area contributed by atoms with E-state index in [1.807, 2.05) is 0 Å². The summed E-state index contributed by atoms with van der Waals surface area (Å²) >= 11 is 0.962. The van der Waals surface area contributed by atoms with Crippen LogP contribution in [0.5, 0.6) is 0 Å². The van der Waals surface area contributed by atoms with E-state index in [0.29, 0.717) is 23.1 Å². The minimum Gasteiger partial charge on any atom is -0.477 e. The van der Waals surface area contributed by atoms with Crippen LogP contribution in [0.1, 0.15) is 22.5 Å². The molecule has 2 aromatic rings. The van der Waals surface area contributed by atoms with Gasteiger partial charge in [-0.1, -0.05) is 22.7 Å². The van der Waals surface area contributed by atoms with E-state index in [2.05, 4.69) is 0 Å². The Bertz CT molecular complexity index is 790. The monoisotopic (exact) mass is 327 g/mol. The first-order valence-electron chi connectivity index (χ1n) is 6.42. The molecule has 1 fully saturated rings. The molecule has 0 unspecified atom stereocenters. The molecule has 1 saturated heterocycles. The van der Waals surface area contributed by atoms with Crippen molar-refractivity contribution in [1.82, 2.24) is 4.47 Å². The Morgan fingerprint density at radius 1 is 1.29 bits per heavy atom. The van der Waals surface area contributed by atoms with E-state index in [1.165, 1.54) is 0 Å². The van der Waals surface area contributed by atoms with Crippen molar-refractivity contribution in [3.8, 4) is 0 Å². The average molecular weight is 327 g/mol. The second kappa shape index (κ2) is 5.38. The second-order valence-corrected chi connectivity index (χ2v) is 7.45. The lowest BCUT2D eigenvalue weighted by Gasteiger charge is -2.25. The zero-order valence-corrected chi connectivity index (χ0v) is 12.6. The third-order valence-corrected chi connectivity index (χ3v) is 6.29. The van der Waals surface area contributed by atoms with Gasteiger partial charge < -0.3 is 5.11 Å². The summed E-state index contributed by atoms with van der Waals surface area (Å²) in [4.78, 5) is 16.3. The minimum absolute atomic E-state index is 0.169. The van der Waals surface area contributed by atoms with Crippen LogP contribution < -0.4 is 0 Å². The van der Waals surface area contributed by atoms with E-state index in [9.17, 15) is 18.3 Å². The summed E-state index contributed by atoms with van der Waals surface area (Å²) in [5.74, 6) is -1.24. The van der Waals surface area contributed by atoms with Gasteiger partial charge in [0.1, 0.15) is 9.77 Å². The van der Waals surface area contributed by atoms with Gasteiger partial charge in [-0.25, -0.2) is 13.2 Å². The van der Waals surface area contributed by atoms with Crippen LogP contribution in [0.15, 0.2) is 29.2 Å². The fraction of sp³-hybridized carbons (Fsp3) is 0.308. The summed E-state index contributed by atoms with van der Waals surface area (Å²) in [6.45, 7) is 0.565. The number of rotatable bonds is 3. The quantitative estimate of drug-likeness (QED) is 0.935. The third kappa shape index (κ3) is 2.44. The van der Waals surface area contributed by atoms with E-state index in [-0.39, 0.29) is 16.3 Å². The normalized spacial score (nSPS) is 17.1. The van der Waals surface area contributed by atoms with Crippen molar-refractivity contribution in [1.29, 1.82) is 0 Å². The molecule has 1 N–H and O–H groups in total.